The van der Waals surface area contributed by atoms with Gasteiger partial charge < -0.3 is 16.4 Å². The van der Waals surface area contributed by atoms with Gasteiger partial charge in [-0.25, -0.2) is 0 Å². The Hall–Kier alpha value is -2.37. The van der Waals surface area contributed by atoms with Crippen LogP contribution in [-0.4, -0.2) is 29.8 Å². The molecule has 0 spiro atoms. The zero-order valence-corrected chi connectivity index (χ0v) is 13.3. The largest absolute Gasteiger partial charge is 0.368 e. The van der Waals surface area contributed by atoms with Crippen molar-refractivity contribution in [2.24, 2.45) is 11.7 Å². The molecule has 0 saturated carbocycles. The van der Waals surface area contributed by atoms with Crippen molar-refractivity contribution in [2.45, 2.75) is 39.8 Å². The minimum absolute atomic E-state index is 0.131. The number of amides is 3. The molecule has 4 N–H and O–H groups in total. The van der Waals surface area contributed by atoms with Crippen molar-refractivity contribution in [3.05, 3.63) is 35.4 Å². The van der Waals surface area contributed by atoms with Gasteiger partial charge in [-0.1, -0.05) is 32.0 Å². The number of nitrogens with one attached hydrogen (secondary N) is 2. The molecule has 1 aromatic carbocycles. The first-order valence-corrected chi connectivity index (χ1v) is 7.20. The van der Waals surface area contributed by atoms with E-state index in [1.807, 2.05) is 32.9 Å². The summed E-state index contributed by atoms with van der Waals surface area (Å²) in [6, 6.07) is 5.60. The number of hydrogen-bond donors (Lipinski definition) is 3. The lowest BCUT2D eigenvalue weighted by Gasteiger charge is -2.23. The van der Waals surface area contributed by atoms with Crippen molar-refractivity contribution in [2.75, 3.05) is 0 Å². The van der Waals surface area contributed by atoms with Crippen LogP contribution in [0.5, 0.6) is 0 Å². The fourth-order valence-corrected chi connectivity index (χ4v) is 1.96. The van der Waals surface area contributed by atoms with Gasteiger partial charge >= 0.3 is 0 Å². The van der Waals surface area contributed by atoms with E-state index in [1.165, 1.54) is 6.92 Å². The summed E-state index contributed by atoms with van der Waals surface area (Å²) in [5, 5.41) is 5.22. The third-order valence-electron chi connectivity index (χ3n) is 3.41. The van der Waals surface area contributed by atoms with Crippen LogP contribution in [0.3, 0.4) is 0 Å². The molecule has 3 amide bonds. The van der Waals surface area contributed by atoms with Crippen LogP contribution in [0.25, 0.3) is 0 Å². The molecule has 0 aliphatic heterocycles. The van der Waals surface area contributed by atoms with Crippen LogP contribution in [-0.2, 0) is 9.59 Å². The minimum Gasteiger partial charge on any atom is -0.368 e. The number of carbonyl (C=O) groups excluding carboxylic acids is 3. The molecule has 0 heterocycles. The van der Waals surface area contributed by atoms with E-state index in [2.05, 4.69) is 10.6 Å². The maximum absolute atomic E-state index is 12.3. The average Bonchev–Trinajstić information content (AvgIpc) is 2.44. The van der Waals surface area contributed by atoms with Crippen LogP contribution >= 0.6 is 0 Å². The van der Waals surface area contributed by atoms with Crippen molar-refractivity contribution in [1.82, 2.24) is 10.6 Å². The highest BCUT2D eigenvalue weighted by Crippen LogP contribution is 2.09. The fourth-order valence-electron chi connectivity index (χ4n) is 1.96. The molecule has 6 heteroatoms. The predicted octanol–water partition coefficient (Wildman–Crippen LogP) is 0.739. The van der Waals surface area contributed by atoms with E-state index in [9.17, 15) is 14.4 Å². The molecule has 0 aliphatic rings. The van der Waals surface area contributed by atoms with Crippen molar-refractivity contribution in [1.29, 1.82) is 0 Å². The maximum atomic E-state index is 12.3. The molecule has 0 bridgehead atoms. The fraction of sp³-hybridized carbons (Fsp3) is 0.438. The summed E-state index contributed by atoms with van der Waals surface area (Å²) in [6.45, 7) is 6.96. The number of hydrogen-bond acceptors (Lipinski definition) is 3. The Balaban J connectivity index is 2.84. The van der Waals surface area contributed by atoms with E-state index in [-0.39, 0.29) is 11.8 Å². The lowest BCUT2D eigenvalue weighted by Crippen LogP contribution is -2.54. The van der Waals surface area contributed by atoms with Crippen LogP contribution in [0.15, 0.2) is 24.3 Å². The summed E-state index contributed by atoms with van der Waals surface area (Å²) in [6.07, 6.45) is 0. The monoisotopic (exact) mass is 305 g/mol. The zero-order valence-electron chi connectivity index (χ0n) is 13.3. The van der Waals surface area contributed by atoms with Crippen molar-refractivity contribution in [3.8, 4) is 0 Å². The lowest BCUT2D eigenvalue weighted by atomic mass is 10.0. The summed E-state index contributed by atoms with van der Waals surface area (Å²) < 4.78 is 0. The Bertz CT molecular complexity index is 570. The second-order valence-corrected chi connectivity index (χ2v) is 5.64. The third-order valence-corrected chi connectivity index (χ3v) is 3.41. The van der Waals surface area contributed by atoms with Crippen molar-refractivity contribution >= 4 is 17.7 Å². The molecule has 1 rings (SSSR count). The molecular weight excluding hydrogens is 282 g/mol. The Labute approximate surface area is 130 Å². The van der Waals surface area contributed by atoms with Crippen LogP contribution < -0.4 is 16.4 Å². The van der Waals surface area contributed by atoms with E-state index in [4.69, 9.17) is 5.73 Å². The molecule has 0 saturated heterocycles. The van der Waals surface area contributed by atoms with Gasteiger partial charge in [0.05, 0.1) is 0 Å². The molecule has 6 nitrogen and oxygen atoms in total. The first-order valence-electron chi connectivity index (χ1n) is 7.20. The van der Waals surface area contributed by atoms with Gasteiger partial charge in [0.25, 0.3) is 5.91 Å². The van der Waals surface area contributed by atoms with E-state index < -0.39 is 23.9 Å². The standard InChI is InChI=1S/C16H23N3O3/c1-9(2)13(16(22)18-11(4)14(17)20)19-15(21)12-8-6-5-7-10(12)3/h5-9,11,13H,1-4H3,(H2,17,20)(H,18,22)(H,19,21). The Morgan fingerprint density at radius 1 is 1.05 bits per heavy atom. The van der Waals surface area contributed by atoms with E-state index in [0.29, 0.717) is 5.56 Å². The van der Waals surface area contributed by atoms with Gasteiger partial charge in [-0.2, -0.15) is 0 Å². The molecule has 1 aromatic rings. The second kappa shape index (κ2) is 7.59. The number of primary amides is 1. The SMILES string of the molecule is Cc1ccccc1C(=O)NC(C(=O)NC(C)C(N)=O)C(C)C. The zero-order chi connectivity index (χ0) is 16.9. The first kappa shape index (κ1) is 17.7. The van der Waals surface area contributed by atoms with Crippen molar-refractivity contribution in [3.63, 3.8) is 0 Å². The lowest BCUT2D eigenvalue weighted by molar-refractivity contribution is -0.128. The number of benzene rings is 1. The van der Waals surface area contributed by atoms with Gasteiger partial charge in [0.1, 0.15) is 12.1 Å². The van der Waals surface area contributed by atoms with E-state index in [0.717, 1.165) is 5.56 Å². The molecule has 0 aliphatic carbocycles. The molecule has 0 radical (unpaired) electrons. The predicted molar refractivity (Wildman–Crippen MR) is 84.1 cm³/mol. The van der Waals surface area contributed by atoms with Gasteiger partial charge in [-0.05, 0) is 31.4 Å². The number of aryl methyl sites for hydroxylation is 1. The van der Waals surface area contributed by atoms with Crippen LogP contribution in [0.4, 0.5) is 0 Å². The topological polar surface area (TPSA) is 101 Å². The van der Waals surface area contributed by atoms with Gasteiger partial charge in [0.15, 0.2) is 0 Å². The van der Waals surface area contributed by atoms with Crippen molar-refractivity contribution < 1.29 is 14.4 Å². The molecule has 2 atom stereocenters. The molecule has 2 unspecified atom stereocenters. The highest BCUT2D eigenvalue weighted by molar-refractivity contribution is 5.99. The Kier molecular flexibility index (Phi) is 6.10. The third kappa shape index (κ3) is 4.58. The molecule has 0 fully saturated rings. The quantitative estimate of drug-likeness (QED) is 0.722. The summed E-state index contributed by atoms with van der Waals surface area (Å²) in [5.74, 6) is -1.50. The minimum atomic E-state index is -0.788. The first-order chi connectivity index (χ1) is 10.2. The molecule has 0 aromatic heterocycles. The Morgan fingerprint density at radius 2 is 1.64 bits per heavy atom. The van der Waals surface area contributed by atoms with Gasteiger partial charge in [-0.15, -0.1) is 0 Å². The number of carbonyl (C=O) groups is 3. The summed E-state index contributed by atoms with van der Waals surface area (Å²) in [4.78, 5) is 35.6. The molecule has 120 valence electrons. The smallest absolute Gasteiger partial charge is 0.252 e. The van der Waals surface area contributed by atoms with E-state index in [1.54, 1.807) is 12.1 Å². The average molecular weight is 305 g/mol. The number of rotatable bonds is 6. The van der Waals surface area contributed by atoms with E-state index >= 15 is 0 Å². The normalized spacial score (nSPS) is 13.3. The van der Waals surface area contributed by atoms with Gasteiger partial charge in [-0.3, -0.25) is 14.4 Å². The molecule has 22 heavy (non-hydrogen) atoms. The summed E-state index contributed by atoms with van der Waals surface area (Å²) in [7, 11) is 0. The summed E-state index contributed by atoms with van der Waals surface area (Å²) in [5.41, 5.74) is 6.48. The van der Waals surface area contributed by atoms with Crippen LogP contribution in [0.1, 0.15) is 36.7 Å². The van der Waals surface area contributed by atoms with Crippen LogP contribution in [0.2, 0.25) is 0 Å². The van der Waals surface area contributed by atoms with Gasteiger partial charge in [0.2, 0.25) is 11.8 Å². The maximum Gasteiger partial charge on any atom is 0.252 e. The number of nitrogens with two attached hydrogens (primary N) is 1. The highest BCUT2D eigenvalue weighted by atomic mass is 16.2. The highest BCUT2D eigenvalue weighted by Gasteiger charge is 2.26. The molecular formula is C16H23N3O3. The Morgan fingerprint density at radius 3 is 2.14 bits per heavy atom. The summed E-state index contributed by atoms with van der Waals surface area (Å²) >= 11 is 0. The van der Waals surface area contributed by atoms with Crippen LogP contribution in [0, 0.1) is 12.8 Å². The second-order valence-electron chi connectivity index (χ2n) is 5.64. The van der Waals surface area contributed by atoms with Gasteiger partial charge in [0, 0.05) is 5.56 Å².